The normalized spacial score (nSPS) is 16.7. The van der Waals surface area contributed by atoms with Gasteiger partial charge < -0.3 is 14.4 Å². The van der Waals surface area contributed by atoms with Crippen LogP contribution in [0.2, 0.25) is 0 Å². The first-order chi connectivity index (χ1) is 12.3. The number of benzene rings is 1. The number of carbonyl (C=O) groups excluding carboxylic acids is 2. The van der Waals surface area contributed by atoms with Crippen LogP contribution in [0.25, 0.3) is 0 Å². The van der Waals surface area contributed by atoms with Gasteiger partial charge in [-0.2, -0.15) is 0 Å². The van der Waals surface area contributed by atoms with Crippen LogP contribution in [0.3, 0.4) is 0 Å². The van der Waals surface area contributed by atoms with Gasteiger partial charge in [0.1, 0.15) is 11.7 Å². The van der Waals surface area contributed by atoms with Crippen molar-refractivity contribution in [3.63, 3.8) is 0 Å². The second kappa shape index (κ2) is 8.88. The molecule has 1 aromatic carbocycles. The number of carbonyl (C=O) groups is 2. The Morgan fingerprint density at radius 3 is 2.38 bits per heavy atom. The topological polar surface area (TPSA) is 55.8 Å². The van der Waals surface area contributed by atoms with Crippen molar-refractivity contribution >= 4 is 12.1 Å². The molecule has 2 rings (SSSR count). The van der Waals surface area contributed by atoms with Gasteiger partial charge in [0.05, 0.1) is 6.42 Å². The van der Waals surface area contributed by atoms with E-state index in [-0.39, 0.29) is 30.5 Å². The van der Waals surface area contributed by atoms with Crippen molar-refractivity contribution in [3.05, 3.63) is 48.6 Å². The zero-order valence-corrected chi connectivity index (χ0v) is 15.9. The Morgan fingerprint density at radius 2 is 1.85 bits per heavy atom. The summed E-state index contributed by atoms with van der Waals surface area (Å²) in [5.41, 5.74) is 0.435. The SMILES string of the molecule is C=CC(OC(=O)Cc1ccccc1)C1CCN(C(=O)OC(C)(C)C)CC1. The molecule has 1 aliphatic rings. The van der Waals surface area contributed by atoms with Gasteiger partial charge in [0.2, 0.25) is 0 Å². The Morgan fingerprint density at radius 1 is 1.23 bits per heavy atom. The van der Waals surface area contributed by atoms with Gasteiger partial charge in [-0.25, -0.2) is 4.79 Å². The van der Waals surface area contributed by atoms with Crippen LogP contribution < -0.4 is 0 Å². The number of rotatable bonds is 5. The molecule has 0 bridgehead atoms. The monoisotopic (exact) mass is 359 g/mol. The summed E-state index contributed by atoms with van der Waals surface area (Å²) in [6.07, 6.45) is 2.85. The van der Waals surface area contributed by atoms with E-state index in [1.165, 1.54) is 0 Å². The first-order valence-electron chi connectivity index (χ1n) is 9.12. The van der Waals surface area contributed by atoms with Crippen molar-refractivity contribution in [2.45, 2.75) is 51.7 Å². The van der Waals surface area contributed by atoms with E-state index in [0.29, 0.717) is 13.1 Å². The molecule has 0 saturated carbocycles. The zero-order valence-electron chi connectivity index (χ0n) is 15.9. The van der Waals surface area contributed by atoms with Gasteiger partial charge in [-0.3, -0.25) is 4.79 Å². The number of nitrogens with zero attached hydrogens (tertiary/aromatic N) is 1. The van der Waals surface area contributed by atoms with E-state index < -0.39 is 5.60 Å². The van der Waals surface area contributed by atoms with Crippen LogP contribution in [0, 0.1) is 5.92 Å². The first kappa shape index (κ1) is 20.0. The van der Waals surface area contributed by atoms with E-state index in [0.717, 1.165) is 18.4 Å². The molecule has 1 aromatic rings. The third kappa shape index (κ3) is 6.21. The minimum Gasteiger partial charge on any atom is -0.458 e. The molecule has 142 valence electrons. The summed E-state index contributed by atoms with van der Waals surface area (Å²) >= 11 is 0. The first-order valence-corrected chi connectivity index (χ1v) is 9.12. The summed E-state index contributed by atoms with van der Waals surface area (Å²) in [4.78, 5) is 26.1. The zero-order chi connectivity index (χ0) is 19.2. The lowest BCUT2D eigenvalue weighted by molar-refractivity contribution is -0.149. The van der Waals surface area contributed by atoms with Crippen LogP contribution >= 0.6 is 0 Å². The maximum atomic E-state index is 12.2. The number of ether oxygens (including phenoxy) is 2. The largest absolute Gasteiger partial charge is 0.458 e. The van der Waals surface area contributed by atoms with Crippen molar-refractivity contribution in [3.8, 4) is 0 Å². The molecule has 0 aliphatic carbocycles. The minimum absolute atomic E-state index is 0.172. The van der Waals surface area contributed by atoms with Gasteiger partial charge in [-0.05, 0) is 39.2 Å². The highest BCUT2D eigenvalue weighted by molar-refractivity contribution is 5.73. The maximum Gasteiger partial charge on any atom is 0.410 e. The molecule has 5 nitrogen and oxygen atoms in total. The Labute approximate surface area is 156 Å². The highest BCUT2D eigenvalue weighted by Crippen LogP contribution is 2.25. The van der Waals surface area contributed by atoms with E-state index in [2.05, 4.69) is 6.58 Å². The van der Waals surface area contributed by atoms with Crippen LogP contribution in [0.4, 0.5) is 4.79 Å². The molecule has 1 aliphatic heterocycles. The van der Waals surface area contributed by atoms with Crippen molar-refractivity contribution < 1.29 is 19.1 Å². The van der Waals surface area contributed by atoms with Gasteiger partial charge >= 0.3 is 12.1 Å². The molecule has 0 N–H and O–H groups in total. The fraction of sp³-hybridized carbons (Fsp3) is 0.524. The lowest BCUT2D eigenvalue weighted by atomic mass is 9.91. The Balaban J connectivity index is 1.83. The fourth-order valence-electron chi connectivity index (χ4n) is 3.03. The fourth-order valence-corrected chi connectivity index (χ4v) is 3.03. The minimum atomic E-state index is -0.495. The van der Waals surface area contributed by atoms with Crippen molar-refractivity contribution in [1.82, 2.24) is 4.90 Å². The summed E-state index contributed by atoms with van der Waals surface area (Å²) in [6.45, 7) is 10.6. The molecule has 26 heavy (non-hydrogen) atoms. The van der Waals surface area contributed by atoms with E-state index in [1.807, 2.05) is 51.1 Å². The molecule has 0 radical (unpaired) electrons. The summed E-state index contributed by atoms with van der Waals surface area (Å²) in [6, 6.07) is 9.53. The van der Waals surface area contributed by atoms with Gasteiger partial charge in [0.25, 0.3) is 0 Å². The maximum absolute atomic E-state index is 12.2. The van der Waals surface area contributed by atoms with Crippen LogP contribution in [0.5, 0.6) is 0 Å². The Hall–Kier alpha value is -2.30. The highest BCUT2D eigenvalue weighted by atomic mass is 16.6. The third-order valence-electron chi connectivity index (χ3n) is 4.35. The average Bonchev–Trinajstić information content (AvgIpc) is 2.59. The quantitative estimate of drug-likeness (QED) is 0.589. The molecule has 1 fully saturated rings. The molecule has 1 saturated heterocycles. The summed E-state index contributed by atoms with van der Waals surface area (Å²) < 4.78 is 11.0. The van der Waals surface area contributed by atoms with Crippen molar-refractivity contribution in [2.24, 2.45) is 5.92 Å². The summed E-state index contributed by atoms with van der Waals surface area (Å²) in [5, 5.41) is 0. The Kier molecular flexibility index (Phi) is 6.83. The molecule has 1 unspecified atom stereocenters. The van der Waals surface area contributed by atoms with E-state index in [1.54, 1.807) is 11.0 Å². The molecular formula is C21H29NO4. The molecular weight excluding hydrogens is 330 g/mol. The van der Waals surface area contributed by atoms with Crippen LogP contribution in [-0.2, 0) is 20.7 Å². The van der Waals surface area contributed by atoms with E-state index >= 15 is 0 Å². The molecule has 0 spiro atoms. The number of likely N-dealkylation sites (tertiary alicyclic amines) is 1. The molecule has 1 amide bonds. The second-order valence-corrected chi connectivity index (χ2v) is 7.66. The predicted octanol–water partition coefficient (Wildman–Crippen LogP) is 3.97. The molecule has 5 heteroatoms. The number of esters is 1. The van der Waals surface area contributed by atoms with Crippen LogP contribution in [-0.4, -0.2) is 41.8 Å². The van der Waals surface area contributed by atoms with Crippen molar-refractivity contribution in [1.29, 1.82) is 0 Å². The van der Waals surface area contributed by atoms with Crippen LogP contribution in [0.15, 0.2) is 43.0 Å². The van der Waals surface area contributed by atoms with E-state index in [9.17, 15) is 9.59 Å². The number of hydrogen-bond donors (Lipinski definition) is 0. The number of piperidine rings is 1. The van der Waals surface area contributed by atoms with Gasteiger partial charge in [0, 0.05) is 19.0 Å². The van der Waals surface area contributed by atoms with Gasteiger partial charge in [0.15, 0.2) is 0 Å². The van der Waals surface area contributed by atoms with Crippen LogP contribution in [0.1, 0.15) is 39.2 Å². The molecule has 0 aromatic heterocycles. The van der Waals surface area contributed by atoms with E-state index in [4.69, 9.17) is 9.47 Å². The number of hydrogen-bond acceptors (Lipinski definition) is 4. The smallest absolute Gasteiger partial charge is 0.410 e. The lowest BCUT2D eigenvalue weighted by Crippen LogP contribution is -2.44. The third-order valence-corrected chi connectivity index (χ3v) is 4.35. The van der Waals surface area contributed by atoms with Gasteiger partial charge in [-0.15, -0.1) is 0 Å². The summed E-state index contributed by atoms with van der Waals surface area (Å²) in [5.74, 6) is -0.0819. The molecule has 1 heterocycles. The lowest BCUT2D eigenvalue weighted by Gasteiger charge is -2.35. The number of amides is 1. The average molecular weight is 359 g/mol. The standard InChI is InChI=1S/C21H29NO4/c1-5-18(25-19(23)15-16-9-7-6-8-10-16)17-11-13-22(14-12-17)20(24)26-21(2,3)4/h5-10,17-18H,1,11-15H2,2-4H3. The second-order valence-electron chi connectivity index (χ2n) is 7.66. The Bertz CT molecular complexity index is 613. The van der Waals surface area contributed by atoms with Gasteiger partial charge in [-0.1, -0.05) is 43.0 Å². The summed E-state index contributed by atoms with van der Waals surface area (Å²) in [7, 11) is 0. The predicted molar refractivity (Wildman–Crippen MR) is 101 cm³/mol. The van der Waals surface area contributed by atoms with Crippen molar-refractivity contribution in [2.75, 3.05) is 13.1 Å². The molecule has 1 atom stereocenters. The highest BCUT2D eigenvalue weighted by Gasteiger charge is 2.31.